The van der Waals surface area contributed by atoms with Gasteiger partial charge in [0.25, 0.3) is 0 Å². The van der Waals surface area contributed by atoms with Crippen molar-refractivity contribution < 1.29 is 0 Å². The summed E-state index contributed by atoms with van der Waals surface area (Å²) in [4.78, 5) is 0. The molecule has 22 heavy (non-hydrogen) atoms. The fourth-order valence-corrected chi connectivity index (χ4v) is 3.26. The summed E-state index contributed by atoms with van der Waals surface area (Å²) in [5, 5.41) is 0. The van der Waals surface area contributed by atoms with Crippen LogP contribution in [0.5, 0.6) is 0 Å². The molecule has 0 aliphatic rings. The highest BCUT2D eigenvalue weighted by Gasteiger charge is 2.03. The Morgan fingerprint density at radius 3 is 1.14 bits per heavy atom. The molecule has 118 valence electrons. The van der Waals surface area contributed by atoms with E-state index < -0.39 is 0 Å². The molecule has 0 spiro atoms. The van der Waals surface area contributed by atoms with Gasteiger partial charge in [0, 0.05) is 0 Å². The van der Waals surface area contributed by atoms with Gasteiger partial charge in [-0.3, -0.25) is 0 Å². The molecular weight excluding hydrogens is 264 g/mol. The zero-order chi connectivity index (χ0) is 15.6. The third-order valence-corrected chi connectivity index (χ3v) is 4.42. The molecule has 0 heteroatoms. The maximum Gasteiger partial charge on any atom is -0.0276 e. The summed E-state index contributed by atoms with van der Waals surface area (Å²) in [6.45, 7) is 4.53. The van der Waals surface area contributed by atoms with Crippen molar-refractivity contribution in [2.75, 3.05) is 0 Å². The van der Waals surface area contributed by atoms with E-state index in [1.165, 1.54) is 51.4 Å². The van der Waals surface area contributed by atoms with Crippen LogP contribution in [0.15, 0.2) is 48.5 Å². The fourth-order valence-electron chi connectivity index (χ4n) is 3.26. The number of unbranched alkanes of at least 4 members (excludes halogenated alkanes) is 1. The predicted octanol–water partition coefficient (Wildman–Crippen LogP) is 6.16. The minimum atomic E-state index is 1.22. The first-order valence-electron chi connectivity index (χ1n) is 8.98. The normalized spacial score (nSPS) is 10.8. The van der Waals surface area contributed by atoms with Gasteiger partial charge in [0.05, 0.1) is 0 Å². The van der Waals surface area contributed by atoms with Gasteiger partial charge < -0.3 is 0 Å². The van der Waals surface area contributed by atoms with E-state index >= 15 is 0 Å². The molecule has 0 aliphatic heterocycles. The zero-order valence-corrected chi connectivity index (χ0v) is 14.3. The van der Waals surface area contributed by atoms with Crippen LogP contribution in [0, 0.1) is 0 Å². The Balaban J connectivity index is 1.85. The summed E-state index contributed by atoms with van der Waals surface area (Å²) in [5.41, 5.74) is 6.23. The molecule has 2 aromatic rings. The van der Waals surface area contributed by atoms with Gasteiger partial charge in [-0.1, -0.05) is 75.2 Å². The van der Waals surface area contributed by atoms with Crippen LogP contribution in [0.2, 0.25) is 0 Å². The third kappa shape index (κ3) is 5.02. The van der Waals surface area contributed by atoms with E-state index in [2.05, 4.69) is 62.4 Å². The lowest BCUT2D eigenvalue weighted by atomic mass is 9.95. The third-order valence-electron chi connectivity index (χ3n) is 4.42. The van der Waals surface area contributed by atoms with Gasteiger partial charge in [-0.25, -0.2) is 0 Å². The monoisotopic (exact) mass is 294 g/mol. The Hall–Kier alpha value is -1.56. The number of rotatable bonds is 9. The molecule has 0 aromatic heterocycles. The second-order valence-electron chi connectivity index (χ2n) is 6.24. The molecule has 0 N–H and O–H groups in total. The number of aryl methyl sites for hydroxylation is 4. The lowest BCUT2D eigenvalue weighted by Crippen LogP contribution is -1.97. The molecule has 0 atom stereocenters. The van der Waals surface area contributed by atoms with Crippen LogP contribution in [0.25, 0.3) is 0 Å². The molecule has 0 nitrogen and oxygen atoms in total. The summed E-state index contributed by atoms with van der Waals surface area (Å²) in [6, 6.07) is 18.0. The summed E-state index contributed by atoms with van der Waals surface area (Å²) in [5.74, 6) is 0. The van der Waals surface area contributed by atoms with E-state index in [4.69, 9.17) is 0 Å². The smallest absolute Gasteiger partial charge is 0.0276 e. The molecule has 0 radical (unpaired) electrons. The highest BCUT2D eigenvalue weighted by molar-refractivity contribution is 5.28. The molecule has 0 saturated carbocycles. The van der Waals surface area contributed by atoms with Gasteiger partial charge in [0.2, 0.25) is 0 Å². The van der Waals surface area contributed by atoms with Crippen molar-refractivity contribution in [2.24, 2.45) is 0 Å². The Kier molecular flexibility index (Phi) is 7.22. The number of benzene rings is 2. The van der Waals surface area contributed by atoms with Gasteiger partial charge in [-0.2, -0.15) is 0 Å². The van der Waals surface area contributed by atoms with Crippen LogP contribution >= 0.6 is 0 Å². The summed E-state index contributed by atoms with van der Waals surface area (Å²) >= 11 is 0. The molecule has 0 fully saturated rings. The van der Waals surface area contributed by atoms with Crippen molar-refractivity contribution >= 4 is 0 Å². The van der Waals surface area contributed by atoms with Gasteiger partial charge in [0.15, 0.2) is 0 Å². The average molecular weight is 294 g/mol. The Morgan fingerprint density at radius 1 is 0.500 bits per heavy atom. The Labute approximate surface area is 136 Å². The fraction of sp³-hybridized carbons (Fsp3) is 0.455. The second-order valence-corrected chi connectivity index (χ2v) is 6.24. The van der Waals surface area contributed by atoms with Crippen LogP contribution < -0.4 is 0 Å². The lowest BCUT2D eigenvalue weighted by Gasteiger charge is -2.10. The maximum atomic E-state index is 2.32. The highest BCUT2D eigenvalue weighted by atomic mass is 14.1. The van der Waals surface area contributed by atoms with Crippen molar-refractivity contribution in [3.63, 3.8) is 0 Å². The summed E-state index contributed by atoms with van der Waals surface area (Å²) in [6.07, 6.45) is 9.95. The first-order valence-corrected chi connectivity index (χ1v) is 8.98. The SMILES string of the molecule is CCCc1ccccc1CCCCc1ccccc1CCC. The molecule has 2 aromatic carbocycles. The van der Waals surface area contributed by atoms with Crippen molar-refractivity contribution in [1.29, 1.82) is 0 Å². The lowest BCUT2D eigenvalue weighted by molar-refractivity contribution is 0.721. The second kappa shape index (κ2) is 9.46. The van der Waals surface area contributed by atoms with E-state index in [9.17, 15) is 0 Å². The Bertz CT molecular complexity index is 502. The van der Waals surface area contributed by atoms with Crippen LogP contribution in [0.3, 0.4) is 0 Å². The largest absolute Gasteiger partial charge is 0.0651 e. The van der Waals surface area contributed by atoms with E-state index in [1.54, 1.807) is 22.3 Å². The van der Waals surface area contributed by atoms with E-state index in [0.717, 1.165) is 0 Å². The van der Waals surface area contributed by atoms with Crippen molar-refractivity contribution in [3.05, 3.63) is 70.8 Å². The van der Waals surface area contributed by atoms with Gasteiger partial charge >= 0.3 is 0 Å². The first kappa shape index (κ1) is 16.8. The molecular formula is C22H30. The number of hydrogen-bond acceptors (Lipinski definition) is 0. The standard InChI is InChI=1S/C22H30/c1-3-11-19-13-5-7-15-21(19)17-9-10-18-22-16-8-6-14-20(22)12-4-2/h5-8,13-16H,3-4,9-12,17-18H2,1-2H3. The van der Waals surface area contributed by atoms with Crippen molar-refractivity contribution in [2.45, 2.75) is 65.2 Å². The topological polar surface area (TPSA) is 0 Å². The van der Waals surface area contributed by atoms with Crippen LogP contribution in [-0.4, -0.2) is 0 Å². The molecule has 2 rings (SSSR count). The summed E-state index contributed by atoms with van der Waals surface area (Å²) in [7, 11) is 0. The highest BCUT2D eigenvalue weighted by Crippen LogP contribution is 2.17. The minimum absolute atomic E-state index is 1.22. The van der Waals surface area contributed by atoms with Crippen molar-refractivity contribution in [3.8, 4) is 0 Å². The molecule has 0 unspecified atom stereocenters. The van der Waals surface area contributed by atoms with Gasteiger partial charge in [0.1, 0.15) is 0 Å². The van der Waals surface area contributed by atoms with Gasteiger partial charge in [-0.05, 0) is 60.8 Å². The van der Waals surface area contributed by atoms with Crippen LogP contribution in [0.1, 0.15) is 61.8 Å². The predicted molar refractivity (Wildman–Crippen MR) is 97.5 cm³/mol. The molecule has 0 bridgehead atoms. The van der Waals surface area contributed by atoms with E-state index in [0.29, 0.717) is 0 Å². The number of hydrogen-bond donors (Lipinski definition) is 0. The summed E-state index contributed by atoms with van der Waals surface area (Å²) < 4.78 is 0. The average Bonchev–Trinajstić information content (AvgIpc) is 2.55. The van der Waals surface area contributed by atoms with E-state index in [-0.39, 0.29) is 0 Å². The maximum absolute atomic E-state index is 2.32. The van der Waals surface area contributed by atoms with E-state index in [1.807, 2.05) is 0 Å². The van der Waals surface area contributed by atoms with Crippen molar-refractivity contribution in [1.82, 2.24) is 0 Å². The first-order chi connectivity index (χ1) is 10.8. The zero-order valence-electron chi connectivity index (χ0n) is 14.3. The molecule has 0 aliphatic carbocycles. The van der Waals surface area contributed by atoms with Crippen LogP contribution in [-0.2, 0) is 25.7 Å². The molecule has 0 saturated heterocycles. The molecule has 0 amide bonds. The van der Waals surface area contributed by atoms with Crippen LogP contribution in [0.4, 0.5) is 0 Å². The Morgan fingerprint density at radius 2 is 0.818 bits per heavy atom. The van der Waals surface area contributed by atoms with Gasteiger partial charge in [-0.15, -0.1) is 0 Å². The quantitative estimate of drug-likeness (QED) is 0.486. The minimum Gasteiger partial charge on any atom is -0.0651 e. The molecule has 0 heterocycles.